The Hall–Kier alpha value is -0.270. The molecule has 2 unspecified atom stereocenters. The third kappa shape index (κ3) is 5.61. The summed E-state index contributed by atoms with van der Waals surface area (Å²) in [6.07, 6.45) is 5.22. The molecule has 0 saturated heterocycles. The first-order chi connectivity index (χ1) is 9.29. The van der Waals surface area contributed by atoms with E-state index in [4.69, 9.17) is 0 Å². The number of nitrogens with one attached hydrogen (secondary N) is 1. The minimum Gasteiger partial charge on any atom is -0.480 e. The SMILES string of the molecule is CCCNC1(C(=O)O)CCCC(SCCS(C)(=O)=O)C1. The number of sulfone groups is 1. The molecule has 1 rings (SSSR count). The standard InChI is InChI=1S/C13H25NO4S2/c1-3-7-14-13(12(15)16)6-4-5-11(10-13)19-8-9-20(2,17)18/h11,14H,3-10H2,1-2H3,(H,15,16). The summed E-state index contributed by atoms with van der Waals surface area (Å²) in [6, 6.07) is 0. The van der Waals surface area contributed by atoms with E-state index < -0.39 is 21.3 Å². The number of hydrogen-bond donors (Lipinski definition) is 2. The van der Waals surface area contributed by atoms with Crippen LogP contribution in [0.3, 0.4) is 0 Å². The Morgan fingerprint density at radius 3 is 2.75 bits per heavy atom. The van der Waals surface area contributed by atoms with E-state index in [9.17, 15) is 18.3 Å². The zero-order valence-corrected chi connectivity index (χ0v) is 13.9. The van der Waals surface area contributed by atoms with Crippen LogP contribution in [0.5, 0.6) is 0 Å². The van der Waals surface area contributed by atoms with Crippen LogP contribution < -0.4 is 5.32 Å². The van der Waals surface area contributed by atoms with Crippen LogP contribution in [0.15, 0.2) is 0 Å². The van der Waals surface area contributed by atoms with Crippen LogP contribution in [-0.4, -0.2) is 54.6 Å². The fraction of sp³-hybridized carbons (Fsp3) is 0.923. The van der Waals surface area contributed by atoms with Crippen molar-refractivity contribution in [1.29, 1.82) is 0 Å². The fourth-order valence-corrected chi connectivity index (χ4v) is 5.19. The summed E-state index contributed by atoms with van der Waals surface area (Å²) in [5.74, 6) is -0.0665. The summed E-state index contributed by atoms with van der Waals surface area (Å²) in [7, 11) is -2.94. The molecule has 7 heteroatoms. The van der Waals surface area contributed by atoms with Crippen LogP contribution in [-0.2, 0) is 14.6 Å². The van der Waals surface area contributed by atoms with Crippen molar-refractivity contribution >= 4 is 27.6 Å². The van der Waals surface area contributed by atoms with Gasteiger partial charge in [-0.05, 0) is 38.6 Å². The van der Waals surface area contributed by atoms with Gasteiger partial charge in [0.15, 0.2) is 0 Å². The van der Waals surface area contributed by atoms with Gasteiger partial charge in [-0.3, -0.25) is 4.79 Å². The first-order valence-corrected chi connectivity index (χ1v) is 10.2. The maximum Gasteiger partial charge on any atom is 0.323 e. The Labute approximate surface area is 125 Å². The molecule has 0 aromatic rings. The van der Waals surface area contributed by atoms with Crippen molar-refractivity contribution in [2.45, 2.75) is 49.8 Å². The van der Waals surface area contributed by atoms with Crippen LogP contribution >= 0.6 is 11.8 Å². The molecule has 0 bridgehead atoms. The summed E-state index contributed by atoms with van der Waals surface area (Å²) < 4.78 is 22.3. The van der Waals surface area contributed by atoms with Gasteiger partial charge in [0, 0.05) is 17.3 Å². The number of rotatable bonds is 8. The second-order valence-corrected chi connectivity index (χ2v) is 9.20. The Kier molecular flexibility index (Phi) is 6.81. The molecular weight excluding hydrogens is 298 g/mol. The van der Waals surface area contributed by atoms with Crippen molar-refractivity contribution in [3.63, 3.8) is 0 Å². The van der Waals surface area contributed by atoms with E-state index in [1.54, 1.807) is 11.8 Å². The number of carboxylic acids is 1. The highest BCUT2D eigenvalue weighted by molar-refractivity contribution is 8.01. The first kappa shape index (κ1) is 17.8. The minimum atomic E-state index is -2.94. The summed E-state index contributed by atoms with van der Waals surface area (Å²) in [6.45, 7) is 2.72. The lowest BCUT2D eigenvalue weighted by atomic mass is 9.81. The largest absolute Gasteiger partial charge is 0.480 e. The molecule has 0 heterocycles. The normalized spacial score (nSPS) is 27.4. The monoisotopic (exact) mass is 323 g/mol. The summed E-state index contributed by atoms with van der Waals surface area (Å²) >= 11 is 1.59. The number of aliphatic carboxylic acids is 1. The van der Waals surface area contributed by atoms with Gasteiger partial charge in [0.25, 0.3) is 0 Å². The number of carboxylic acid groups (broad SMARTS) is 1. The average molecular weight is 323 g/mol. The smallest absolute Gasteiger partial charge is 0.323 e. The number of hydrogen-bond acceptors (Lipinski definition) is 5. The topological polar surface area (TPSA) is 83.5 Å². The molecule has 2 N–H and O–H groups in total. The van der Waals surface area contributed by atoms with E-state index in [0.717, 1.165) is 19.3 Å². The minimum absolute atomic E-state index is 0.163. The van der Waals surface area contributed by atoms with Gasteiger partial charge >= 0.3 is 5.97 Å². The van der Waals surface area contributed by atoms with Gasteiger partial charge in [0.1, 0.15) is 15.4 Å². The van der Waals surface area contributed by atoms with Gasteiger partial charge < -0.3 is 10.4 Å². The van der Waals surface area contributed by atoms with Crippen molar-refractivity contribution in [3.8, 4) is 0 Å². The van der Waals surface area contributed by atoms with Gasteiger partial charge in [-0.15, -0.1) is 0 Å². The lowest BCUT2D eigenvalue weighted by Crippen LogP contribution is -2.55. The van der Waals surface area contributed by atoms with Gasteiger partial charge in [-0.2, -0.15) is 11.8 Å². The second kappa shape index (κ2) is 7.66. The van der Waals surface area contributed by atoms with E-state index in [0.29, 0.717) is 25.1 Å². The highest BCUT2D eigenvalue weighted by Gasteiger charge is 2.42. The fourth-order valence-electron chi connectivity index (χ4n) is 2.53. The molecule has 0 aliphatic heterocycles. The number of carbonyl (C=O) groups is 1. The summed E-state index contributed by atoms with van der Waals surface area (Å²) in [4.78, 5) is 11.6. The van der Waals surface area contributed by atoms with Crippen LogP contribution in [0.25, 0.3) is 0 Å². The molecule has 1 fully saturated rings. The third-order valence-electron chi connectivity index (χ3n) is 3.64. The van der Waals surface area contributed by atoms with Crippen molar-refractivity contribution in [2.24, 2.45) is 0 Å². The maximum absolute atomic E-state index is 11.6. The average Bonchev–Trinajstić information content (AvgIpc) is 2.35. The quantitative estimate of drug-likeness (QED) is 0.705. The molecule has 20 heavy (non-hydrogen) atoms. The molecule has 1 saturated carbocycles. The molecule has 0 radical (unpaired) electrons. The van der Waals surface area contributed by atoms with E-state index in [2.05, 4.69) is 5.32 Å². The Balaban J connectivity index is 2.56. The molecule has 118 valence electrons. The third-order valence-corrected chi connectivity index (χ3v) is 6.15. The van der Waals surface area contributed by atoms with Gasteiger partial charge in [-0.1, -0.05) is 6.92 Å². The summed E-state index contributed by atoms with van der Waals surface area (Å²) in [5, 5.41) is 12.9. The Morgan fingerprint density at radius 2 is 2.20 bits per heavy atom. The van der Waals surface area contributed by atoms with E-state index >= 15 is 0 Å². The van der Waals surface area contributed by atoms with Crippen molar-refractivity contribution in [2.75, 3.05) is 24.3 Å². The highest BCUT2D eigenvalue weighted by Crippen LogP contribution is 2.35. The predicted octanol–water partition coefficient (Wildman–Crippen LogP) is 1.53. The van der Waals surface area contributed by atoms with Gasteiger partial charge in [0.05, 0.1) is 5.75 Å². The van der Waals surface area contributed by atoms with Crippen LogP contribution in [0.4, 0.5) is 0 Å². The first-order valence-electron chi connectivity index (χ1n) is 7.07. The number of thioether (sulfide) groups is 1. The van der Waals surface area contributed by atoms with Crippen LogP contribution in [0.2, 0.25) is 0 Å². The molecule has 0 spiro atoms. The van der Waals surface area contributed by atoms with Gasteiger partial charge in [0.2, 0.25) is 0 Å². The van der Waals surface area contributed by atoms with E-state index in [1.807, 2.05) is 6.92 Å². The zero-order valence-electron chi connectivity index (χ0n) is 12.2. The molecule has 1 aliphatic carbocycles. The highest BCUT2D eigenvalue weighted by atomic mass is 32.2. The molecule has 0 aromatic heterocycles. The molecule has 0 aromatic carbocycles. The van der Waals surface area contributed by atoms with Crippen LogP contribution in [0, 0.1) is 0 Å². The van der Waals surface area contributed by atoms with Crippen molar-refractivity contribution in [1.82, 2.24) is 5.32 Å². The summed E-state index contributed by atoms with van der Waals surface area (Å²) in [5.41, 5.74) is -0.822. The molecule has 2 atom stereocenters. The lowest BCUT2D eigenvalue weighted by Gasteiger charge is -2.38. The molecule has 1 aliphatic rings. The molecule has 5 nitrogen and oxygen atoms in total. The van der Waals surface area contributed by atoms with Gasteiger partial charge in [-0.25, -0.2) is 8.42 Å². The van der Waals surface area contributed by atoms with Crippen molar-refractivity contribution < 1.29 is 18.3 Å². The second-order valence-electron chi connectivity index (χ2n) is 5.53. The molecular formula is C13H25NO4S2. The Bertz CT molecular complexity index is 424. The maximum atomic E-state index is 11.6. The van der Waals surface area contributed by atoms with Crippen LogP contribution in [0.1, 0.15) is 39.0 Å². The zero-order chi connectivity index (χ0) is 15.2. The van der Waals surface area contributed by atoms with Crippen molar-refractivity contribution in [3.05, 3.63) is 0 Å². The Morgan fingerprint density at radius 1 is 1.50 bits per heavy atom. The predicted molar refractivity (Wildman–Crippen MR) is 83.1 cm³/mol. The molecule has 0 amide bonds. The van der Waals surface area contributed by atoms with E-state index in [-0.39, 0.29) is 11.0 Å². The lowest BCUT2D eigenvalue weighted by molar-refractivity contribution is -0.146. The van der Waals surface area contributed by atoms with E-state index in [1.165, 1.54) is 6.26 Å².